The topological polar surface area (TPSA) is 92.8 Å². The zero-order valence-electron chi connectivity index (χ0n) is 15.9. The van der Waals surface area contributed by atoms with Gasteiger partial charge in [0.15, 0.2) is 11.6 Å². The third-order valence-corrected chi connectivity index (χ3v) is 4.58. The average molecular weight is 383 g/mol. The van der Waals surface area contributed by atoms with Crippen LogP contribution in [0.3, 0.4) is 0 Å². The number of aryl methyl sites for hydroxylation is 1. The Kier molecular flexibility index (Phi) is 4.67. The first kappa shape index (κ1) is 18.2. The molecule has 0 fully saturated rings. The summed E-state index contributed by atoms with van der Waals surface area (Å²) in [6.07, 6.45) is 1.41. The first-order valence-electron chi connectivity index (χ1n) is 8.91. The number of aromatic nitrogens is 3. The molecule has 1 amide bonds. The van der Waals surface area contributed by atoms with Crippen LogP contribution >= 0.6 is 0 Å². The Hall–Kier alpha value is -4.18. The second-order valence-electron chi connectivity index (χ2n) is 6.43. The van der Waals surface area contributed by atoms with Gasteiger partial charge in [0, 0.05) is 10.9 Å². The number of anilines is 1. The normalized spacial score (nSPS) is 10.5. The Bertz CT molecular complexity index is 1270. The number of hydrogen-bond acceptors (Lipinski definition) is 5. The van der Waals surface area contributed by atoms with Crippen molar-refractivity contribution in [2.45, 2.75) is 6.92 Å². The highest BCUT2D eigenvalue weighted by molar-refractivity contribution is 6.04. The summed E-state index contributed by atoms with van der Waals surface area (Å²) in [4.78, 5) is 17.4. The van der Waals surface area contributed by atoms with Gasteiger partial charge in [0.25, 0.3) is 5.91 Å². The third-order valence-electron chi connectivity index (χ3n) is 4.58. The SMILES string of the molecule is COc1cccc(C(=O)Nc2c(C#N)cnn2-c2cc(C)c3ccccc3n2)c1. The Morgan fingerprint density at radius 3 is 2.79 bits per heavy atom. The van der Waals surface area contributed by atoms with Gasteiger partial charge in [0.1, 0.15) is 17.4 Å². The molecule has 1 N–H and O–H groups in total. The molecular weight excluding hydrogens is 366 g/mol. The van der Waals surface area contributed by atoms with Gasteiger partial charge in [-0.15, -0.1) is 0 Å². The van der Waals surface area contributed by atoms with E-state index < -0.39 is 0 Å². The van der Waals surface area contributed by atoms with Crippen LogP contribution in [0.1, 0.15) is 21.5 Å². The van der Waals surface area contributed by atoms with Crippen LogP contribution in [0.2, 0.25) is 0 Å². The quantitative estimate of drug-likeness (QED) is 0.578. The van der Waals surface area contributed by atoms with Crippen molar-refractivity contribution >= 4 is 22.6 Å². The molecule has 29 heavy (non-hydrogen) atoms. The summed E-state index contributed by atoms with van der Waals surface area (Å²) >= 11 is 0. The third kappa shape index (κ3) is 3.39. The van der Waals surface area contributed by atoms with Crippen molar-refractivity contribution in [2.24, 2.45) is 0 Å². The Morgan fingerprint density at radius 2 is 2.00 bits per heavy atom. The van der Waals surface area contributed by atoms with Gasteiger partial charge >= 0.3 is 0 Å². The first-order valence-corrected chi connectivity index (χ1v) is 8.91. The van der Waals surface area contributed by atoms with Gasteiger partial charge in [-0.25, -0.2) is 4.98 Å². The largest absolute Gasteiger partial charge is 0.497 e. The molecule has 0 aliphatic carbocycles. The number of para-hydroxylation sites is 1. The summed E-state index contributed by atoms with van der Waals surface area (Å²) in [5.74, 6) is 0.976. The molecule has 7 heteroatoms. The summed E-state index contributed by atoms with van der Waals surface area (Å²) in [5, 5.41) is 17.6. The first-order chi connectivity index (χ1) is 14.1. The molecule has 7 nitrogen and oxygen atoms in total. The van der Waals surface area contributed by atoms with Crippen LogP contribution in [-0.2, 0) is 0 Å². The molecule has 2 heterocycles. The lowest BCUT2D eigenvalue weighted by Gasteiger charge is -2.11. The lowest BCUT2D eigenvalue weighted by molar-refractivity contribution is 0.102. The van der Waals surface area contributed by atoms with Gasteiger partial charge in [-0.3, -0.25) is 4.79 Å². The van der Waals surface area contributed by atoms with Crippen molar-refractivity contribution in [1.29, 1.82) is 5.26 Å². The number of nitriles is 1. The second-order valence-corrected chi connectivity index (χ2v) is 6.43. The van der Waals surface area contributed by atoms with Gasteiger partial charge in [0.2, 0.25) is 0 Å². The van der Waals surface area contributed by atoms with Crippen LogP contribution in [0.4, 0.5) is 5.82 Å². The molecule has 0 bridgehead atoms. The zero-order chi connectivity index (χ0) is 20.4. The van der Waals surface area contributed by atoms with Crippen molar-refractivity contribution in [3.05, 3.63) is 77.5 Å². The summed E-state index contributed by atoms with van der Waals surface area (Å²) in [6.45, 7) is 1.98. The van der Waals surface area contributed by atoms with Gasteiger partial charge in [-0.1, -0.05) is 24.3 Å². The molecule has 0 aliphatic rings. The van der Waals surface area contributed by atoms with E-state index in [2.05, 4.69) is 21.5 Å². The molecule has 4 rings (SSSR count). The number of pyridine rings is 1. The highest BCUT2D eigenvalue weighted by Gasteiger charge is 2.18. The molecule has 4 aromatic rings. The van der Waals surface area contributed by atoms with Crippen molar-refractivity contribution in [3.63, 3.8) is 0 Å². The monoisotopic (exact) mass is 383 g/mol. The lowest BCUT2D eigenvalue weighted by Crippen LogP contribution is -2.16. The number of hydrogen-bond donors (Lipinski definition) is 1. The number of fused-ring (bicyclic) bond motifs is 1. The number of carbonyl (C=O) groups is 1. The fourth-order valence-electron chi connectivity index (χ4n) is 3.11. The number of ether oxygens (including phenoxy) is 1. The standard InChI is InChI=1S/C22H17N5O2/c1-14-10-20(25-19-9-4-3-8-18(14)19)27-21(16(12-23)13-24-27)26-22(28)15-6-5-7-17(11-15)29-2/h3-11,13H,1-2H3,(H,26,28). The number of rotatable bonds is 4. The average Bonchev–Trinajstić information content (AvgIpc) is 3.16. The molecule has 0 aliphatic heterocycles. The van der Waals surface area contributed by atoms with Crippen molar-refractivity contribution in [1.82, 2.24) is 14.8 Å². The minimum absolute atomic E-state index is 0.244. The van der Waals surface area contributed by atoms with Crippen molar-refractivity contribution < 1.29 is 9.53 Å². The molecule has 2 aromatic carbocycles. The van der Waals surface area contributed by atoms with Crippen LogP contribution in [-0.4, -0.2) is 27.8 Å². The van der Waals surface area contributed by atoms with Gasteiger partial charge in [0.05, 0.1) is 18.8 Å². The van der Waals surface area contributed by atoms with Gasteiger partial charge in [-0.05, 0) is 42.8 Å². The molecule has 0 spiro atoms. The van der Waals surface area contributed by atoms with Crippen LogP contribution in [0, 0.1) is 18.3 Å². The second kappa shape index (κ2) is 7.44. The molecule has 2 aromatic heterocycles. The van der Waals surface area contributed by atoms with Crippen molar-refractivity contribution in [2.75, 3.05) is 12.4 Å². The molecule has 0 atom stereocenters. The molecule has 0 saturated carbocycles. The molecule has 0 radical (unpaired) electrons. The predicted molar refractivity (Wildman–Crippen MR) is 109 cm³/mol. The van der Waals surface area contributed by atoms with Crippen molar-refractivity contribution in [3.8, 4) is 17.6 Å². The minimum Gasteiger partial charge on any atom is -0.497 e. The number of methoxy groups -OCH3 is 1. The van der Waals surface area contributed by atoms with Crippen LogP contribution in [0.5, 0.6) is 5.75 Å². The van der Waals surface area contributed by atoms with E-state index in [-0.39, 0.29) is 17.3 Å². The van der Waals surface area contributed by atoms with E-state index in [1.807, 2.05) is 37.3 Å². The number of benzene rings is 2. The fraction of sp³-hybridized carbons (Fsp3) is 0.0909. The van der Waals surface area contributed by atoms with Crippen LogP contribution in [0.25, 0.3) is 16.7 Å². The number of nitrogens with one attached hydrogen (secondary N) is 1. The van der Waals surface area contributed by atoms with E-state index in [1.165, 1.54) is 18.0 Å². The Morgan fingerprint density at radius 1 is 1.17 bits per heavy atom. The highest BCUT2D eigenvalue weighted by Crippen LogP contribution is 2.24. The van der Waals surface area contributed by atoms with Gasteiger partial charge < -0.3 is 10.1 Å². The maximum Gasteiger partial charge on any atom is 0.256 e. The predicted octanol–water partition coefficient (Wildman–Crippen LogP) is 3.86. The summed E-state index contributed by atoms with van der Waals surface area (Å²) in [5.41, 5.74) is 2.48. The van der Waals surface area contributed by atoms with E-state index >= 15 is 0 Å². The van der Waals surface area contributed by atoms with E-state index in [9.17, 15) is 10.1 Å². The smallest absolute Gasteiger partial charge is 0.256 e. The van der Waals surface area contributed by atoms with E-state index in [1.54, 1.807) is 24.3 Å². The Balaban J connectivity index is 1.77. The van der Waals surface area contributed by atoms with Crippen LogP contribution < -0.4 is 10.1 Å². The van der Waals surface area contributed by atoms with E-state index in [0.29, 0.717) is 17.1 Å². The molecular formula is C22H17N5O2. The maximum atomic E-state index is 12.8. The summed E-state index contributed by atoms with van der Waals surface area (Å²) < 4.78 is 6.64. The maximum absolute atomic E-state index is 12.8. The molecule has 0 saturated heterocycles. The lowest BCUT2D eigenvalue weighted by atomic mass is 10.1. The fourth-order valence-corrected chi connectivity index (χ4v) is 3.11. The molecule has 142 valence electrons. The Labute approximate surface area is 167 Å². The van der Waals surface area contributed by atoms with Crippen LogP contribution in [0.15, 0.2) is 60.8 Å². The van der Waals surface area contributed by atoms with E-state index in [0.717, 1.165) is 16.5 Å². The van der Waals surface area contributed by atoms with E-state index in [4.69, 9.17) is 4.74 Å². The van der Waals surface area contributed by atoms with Gasteiger partial charge in [-0.2, -0.15) is 15.0 Å². The number of amides is 1. The zero-order valence-corrected chi connectivity index (χ0v) is 15.9. The summed E-state index contributed by atoms with van der Waals surface area (Å²) in [6, 6.07) is 18.5. The number of nitrogens with zero attached hydrogens (tertiary/aromatic N) is 4. The minimum atomic E-state index is -0.375. The summed E-state index contributed by atoms with van der Waals surface area (Å²) in [7, 11) is 1.54. The highest BCUT2D eigenvalue weighted by atomic mass is 16.5. The number of carbonyl (C=O) groups excluding carboxylic acids is 1. The molecule has 0 unspecified atom stereocenters.